The van der Waals surface area contributed by atoms with E-state index in [2.05, 4.69) is 43.4 Å². The number of pyridine rings is 2. The summed E-state index contributed by atoms with van der Waals surface area (Å²) in [5, 5.41) is 11.9. The average molecular weight is 442 g/mol. The van der Waals surface area contributed by atoms with E-state index in [4.69, 9.17) is 0 Å². The van der Waals surface area contributed by atoms with Gasteiger partial charge < -0.3 is 5.32 Å². The minimum absolute atomic E-state index is 0.0695. The fourth-order valence-corrected chi connectivity index (χ4v) is 4.22. The summed E-state index contributed by atoms with van der Waals surface area (Å²) in [6.45, 7) is 3.99. The van der Waals surface area contributed by atoms with Gasteiger partial charge in [-0.1, -0.05) is 36.4 Å². The molecule has 1 aliphatic rings. The Kier molecular flexibility index (Phi) is 6.10. The number of piperazine rings is 1. The quantitative estimate of drug-likeness (QED) is 0.496. The molecule has 33 heavy (non-hydrogen) atoms. The summed E-state index contributed by atoms with van der Waals surface area (Å²) in [5.74, 6) is 0.727. The lowest BCUT2D eigenvalue weighted by Crippen LogP contribution is -2.46. The number of carbonyl (C=O) groups is 1. The van der Waals surface area contributed by atoms with E-state index in [1.165, 1.54) is 0 Å². The van der Waals surface area contributed by atoms with Crippen molar-refractivity contribution in [3.63, 3.8) is 0 Å². The highest BCUT2D eigenvalue weighted by Gasteiger charge is 2.29. The molecule has 1 N–H and O–H groups in total. The van der Waals surface area contributed by atoms with Gasteiger partial charge in [-0.3, -0.25) is 24.0 Å². The van der Waals surface area contributed by atoms with Crippen molar-refractivity contribution in [3.8, 4) is 0 Å². The number of hydrogen-bond donors (Lipinski definition) is 1. The van der Waals surface area contributed by atoms with E-state index in [0.29, 0.717) is 12.1 Å². The summed E-state index contributed by atoms with van der Waals surface area (Å²) < 4.78 is 1.95. The van der Waals surface area contributed by atoms with Gasteiger partial charge in [0.15, 0.2) is 11.5 Å². The Morgan fingerprint density at radius 1 is 1.03 bits per heavy atom. The lowest BCUT2D eigenvalue weighted by atomic mass is 10.1. The summed E-state index contributed by atoms with van der Waals surface area (Å²) >= 11 is 0. The standard InChI is InChI=1S/C25H27N7O/c1-30-13-14-31(17-21-9-5-6-12-26-21)18-22(30)24-29-28-23-11-10-20(16-32(23)24)25(33)27-15-19-7-3-2-4-8-19/h2-12,16,22H,13-15,17-18H2,1H3,(H,27,33)/t22-/m0/s1. The average Bonchev–Trinajstić information content (AvgIpc) is 3.28. The molecule has 3 aromatic heterocycles. The van der Waals surface area contributed by atoms with Gasteiger partial charge >= 0.3 is 0 Å². The van der Waals surface area contributed by atoms with Crippen LogP contribution in [-0.2, 0) is 13.1 Å². The zero-order valence-corrected chi connectivity index (χ0v) is 18.6. The fourth-order valence-electron chi connectivity index (χ4n) is 4.22. The smallest absolute Gasteiger partial charge is 0.253 e. The van der Waals surface area contributed by atoms with Crippen molar-refractivity contribution >= 4 is 11.6 Å². The molecule has 0 unspecified atom stereocenters. The van der Waals surface area contributed by atoms with Crippen molar-refractivity contribution in [2.24, 2.45) is 0 Å². The largest absolute Gasteiger partial charge is 0.348 e. The number of rotatable bonds is 6. The molecule has 8 heteroatoms. The van der Waals surface area contributed by atoms with Gasteiger partial charge in [-0.25, -0.2) is 0 Å². The first kappa shape index (κ1) is 21.2. The molecule has 0 aliphatic carbocycles. The highest BCUT2D eigenvalue weighted by Crippen LogP contribution is 2.24. The Bertz CT molecular complexity index is 1230. The predicted octanol–water partition coefficient (Wildman–Crippen LogP) is 2.54. The number of carbonyl (C=O) groups excluding carboxylic acids is 1. The lowest BCUT2D eigenvalue weighted by molar-refractivity contribution is 0.0844. The summed E-state index contributed by atoms with van der Waals surface area (Å²) in [4.78, 5) is 22.0. The van der Waals surface area contributed by atoms with Crippen LogP contribution in [0.3, 0.4) is 0 Å². The molecule has 0 bridgehead atoms. The van der Waals surface area contributed by atoms with E-state index in [9.17, 15) is 4.79 Å². The molecule has 0 spiro atoms. The number of nitrogens with one attached hydrogen (secondary N) is 1. The molecular weight excluding hydrogens is 414 g/mol. The first-order valence-electron chi connectivity index (χ1n) is 11.2. The molecule has 1 atom stereocenters. The van der Waals surface area contributed by atoms with Gasteiger partial charge in [0.05, 0.1) is 17.3 Å². The number of amides is 1. The Morgan fingerprint density at radius 2 is 1.88 bits per heavy atom. The number of hydrogen-bond acceptors (Lipinski definition) is 6. The maximum Gasteiger partial charge on any atom is 0.253 e. The summed E-state index contributed by atoms with van der Waals surface area (Å²) in [6, 6.07) is 19.6. The van der Waals surface area contributed by atoms with E-state index < -0.39 is 0 Å². The number of likely N-dealkylation sites (N-methyl/N-ethyl adjacent to an activating group) is 1. The van der Waals surface area contributed by atoms with E-state index in [1.807, 2.05) is 65.3 Å². The van der Waals surface area contributed by atoms with Crippen LogP contribution < -0.4 is 5.32 Å². The normalized spacial score (nSPS) is 17.3. The second-order valence-corrected chi connectivity index (χ2v) is 8.43. The molecular formula is C25H27N7O. The predicted molar refractivity (Wildman–Crippen MR) is 125 cm³/mol. The van der Waals surface area contributed by atoms with Crippen molar-refractivity contribution in [1.29, 1.82) is 0 Å². The minimum Gasteiger partial charge on any atom is -0.348 e. The number of aromatic nitrogens is 4. The third kappa shape index (κ3) is 4.76. The molecule has 0 saturated carbocycles. The maximum atomic E-state index is 12.8. The van der Waals surface area contributed by atoms with Crippen molar-refractivity contribution in [2.45, 2.75) is 19.1 Å². The highest BCUT2D eigenvalue weighted by atomic mass is 16.1. The van der Waals surface area contributed by atoms with Crippen LogP contribution in [0.5, 0.6) is 0 Å². The third-order valence-electron chi connectivity index (χ3n) is 6.13. The van der Waals surface area contributed by atoms with E-state index in [-0.39, 0.29) is 11.9 Å². The van der Waals surface area contributed by atoms with Crippen molar-refractivity contribution < 1.29 is 4.79 Å². The van der Waals surface area contributed by atoms with Gasteiger partial charge in [-0.15, -0.1) is 10.2 Å². The topological polar surface area (TPSA) is 78.7 Å². The highest BCUT2D eigenvalue weighted by molar-refractivity contribution is 5.94. The van der Waals surface area contributed by atoms with Gasteiger partial charge in [0.25, 0.3) is 5.91 Å². The van der Waals surface area contributed by atoms with Crippen molar-refractivity contribution in [3.05, 3.63) is 95.7 Å². The van der Waals surface area contributed by atoms with Crippen LogP contribution in [0.15, 0.2) is 73.1 Å². The Hall–Kier alpha value is -3.62. The SMILES string of the molecule is CN1CCN(Cc2ccccn2)C[C@H]1c1nnc2ccc(C(=O)NCc3ccccc3)cn12. The summed E-state index contributed by atoms with van der Waals surface area (Å²) in [7, 11) is 2.11. The molecule has 168 valence electrons. The first-order valence-corrected chi connectivity index (χ1v) is 11.2. The number of fused-ring (bicyclic) bond motifs is 1. The van der Waals surface area contributed by atoms with Crippen LogP contribution in [0, 0.1) is 0 Å². The first-order chi connectivity index (χ1) is 16.2. The van der Waals surface area contributed by atoms with Crippen LogP contribution >= 0.6 is 0 Å². The van der Waals surface area contributed by atoms with Gasteiger partial charge in [0, 0.05) is 45.1 Å². The molecule has 1 aliphatic heterocycles. The van der Waals surface area contributed by atoms with Gasteiger partial charge in [0.2, 0.25) is 0 Å². The van der Waals surface area contributed by atoms with Crippen LogP contribution in [-0.4, -0.2) is 62.0 Å². The Morgan fingerprint density at radius 3 is 2.70 bits per heavy atom. The molecule has 4 heterocycles. The maximum absolute atomic E-state index is 12.8. The molecule has 8 nitrogen and oxygen atoms in total. The van der Waals surface area contributed by atoms with Gasteiger partial charge in [-0.2, -0.15) is 0 Å². The number of nitrogens with zero attached hydrogens (tertiary/aromatic N) is 6. The molecule has 5 rings (SSSR count). The van der Waals surface area contributed by atoms with Crippen molar-refractivity contribution in [1.82, 2.24) is 34.7 Å². The summed E-state index contributed by atoms with van der Waals surface area (Å²) in [6.07, 6.45) is 3.68. The Labute approximate surface area is 192 Å². The summed E-state index contributed by atoms with van der Waals surface area (Å²) in [5.41, 5.74) is 3.45. The van der Waals surface area contributed by atoms with Gasteiger partial charge in [0.1, 0.15) is 0 Å². The molecule has 4 aromatic rings. The van der Waals surface area contributed by atoms with Gasteiger partial charge in [-0.05, 0) is 36.9 Å². The molecule has 1 saturated heterocycles. The van der Waals surface area contributed by atoms with E-state index >= 15 is 0 Å². The molecule has 1 amide bonds. The van der Waals surface area contributed by atoms with Crippen molar-refractivity contribution in [2.75, 3.05) is 26.7 Å². The molecule has 1 aromatic carbocycles. The van der Waals surface area contributed by atoms with Crippen LogP contribution in [0.25, 0.3) is 5.65 Å². The van der Waals surface area contributed by atoms with E-state index in [1.54, 1.807) is 6.07 Å². The third-order valence-corrected chi connectivity index (χ3v) is 6.13. The van der Waals surface area contributed by atoms with Crippen LogP contribution in [0.2, 0.25) is 0 Å². The van der Waals surface area contributed by atoms with E-state index in [0.717, 1.165) is 48.9 Å². The second kappa shape index (κ2) is 9.48. The zero-order chi connectivity index (χ0) is 22.6. The Balaban J connectivity index is 1.34. The molecule has 1 fully saturated rings. The monoisotopic (exact) mass is 441 g/mol. The van der Waals surface area contributed by atoms with Crippen LogP contribution in [0.1, 0.15) is 33.5 Å². The minimum atomic E-state index is -0.116. The zero-order valence-electron chi connectivity index (χ0n) is 18.6. The second-order valence-electron chi connectivity index (χ2n) is 8.43. The van der Waals surface area contributed by atoms with Crippen LogP contribution in [0.4, 0.5) is 0 Å². The number of benzene rings is 1. The lowest BCUT2D eigenvalue weighted by Gasteiger charge is -2.38. The fraction of sp³-hybridized carbons (Fsp3) is 0.280. The molecule has 0 radical (unpaired) electrons.